The second-order valence-corrected chi connectivity index (χ2v) is 9.05. The van der Waals surface area contributed by atoms with Crippen molar-refractivity contribution in [3.05, 3.63) is 66.1 Å². The van der Waals surface area contributed by atoms with Gasteiger partial charge in [0.2, 0.25) is 0 Å². The number of morpholine rings is 1. The average molecular weight is 433 g/mol. The van der Waals surface area contributed by atoms with Gasteiger partial charge in [-0.2, -0.15) is 0 Å². The van der Waals surface area contributed by atoms with E-state index >= 15 is 0 Å². The highest BCUT2D eigenvalue weighted by molar-refractivity contribution is 8.00. The van der Waals surface area contributed by atoms with Gasteiger partial charge < -0.3 is 9.72 Å². The summed E-state index contributed by atoms with van der Waals surface area (Å²) in [5, 5.41) is 2.53. The zero-order valence-corrected chi connectivity index (χ0v) is 18.2. The Kier molecular flexibility index (Phi) is 5.72. The summed E-state index contributed by atoms with van der Waals surface area (Å²) in [6, 6.07) is 15.9. The Morgan fingerprint density at radius 3 is 2.68 bits per heavy atom. The molecule has 1 atom stereocenters. The van der Waals surface area contributed by atoms with Gasteiger partial charge in [0.05, 0.1) is 30.5 Å². The molecule has 0 amide bonds. The summed E-state index contributed by atoms with van der Waals surface area (Å²) in [5.74, 6) is 0.884. The Bertz CT molecular complexity index is 1230. The maximum Gasteiger partial charge on any atom is 0.178 e. The Balaban J connectivity index is 1.43. The van der Waals surface area contributed by atoms with E-state index in [-0.39, 0.29) is 11.0 Å². The molecule has 1 saturated heterocycles. The fourth-order valence-electron chi connectivity index (χ4n) is 3.93. The van der Waals surface area contributed by atoms with E-state index in [2.05, 4.69) is 9.88 Å². The molecule has 31 heavy (non-hydrogen) atoms. The lowest BCUT2D eigenvalue weighted by molar-refractivity contribution is 0.0330. The zero-order chi connectivity index (χ0) is 21.2. The number of rotatable bonds is 6. The van der Waals surface area contributed by atoms with Gasteiger partial charge >= 0.3 is 0 Å². The normalized spacial score (nSPS) is 16.0. The van der Waals surface area contributed by atoms with Crippen LogP contribution in [0.2, 0.25) is 0 Å². The summed E-state index contributed by atoms with van der Waals surface area (Å²) in [7, 11) is 0. The van der Waals surface area contributed by atoms with Crippen molar-refractivity contribution in [2.45, 2.75) is 23.7 Å². The molecule has 0 spiro atoms. The van der Waals surface area contributed by atoms with Crippen LogP contribution in [0.3, 0.4) is 0 Å². The van der Waals surface area contributed by atoms with Gasteiger partial charge in [0.25, 0.3) is 0 Å². The number of nitrogens with one attached hydrogen (secondary N) is 1. The maximum atomic E-state index is 13.3. The number of aromatic nitrogens is 3. The number of aromatic amines is 1. The molecule has 1 fully saturated rings. The van der Waals surface area contributed by atoms with Gasteiger partial charge in [-0.15, -0.1) is 0 Å². The standard InChI is InChI=1S/C24H24N4O2S/c1-16(23(29)19-14-25-20-8-4-2-6-17(19)20)31-24-18-7-3-5-9-21(18)26-22(27-24)15-28-10-12-30-13-11-28/h2-9,14,16,25H,10-13,15H2,1H3. The molecule has 0 aliphatic carbocycles. The van der Waals surface area contributed by atoms with E-state index in [0.717, 1.165) is 64.5 Å². The van der Waals surface area contributed by atoms with Crippen molar-refractivity contribution >= 4 is 39.4 Å². The number of nitrogens with zero attached hydrogens (tertiary/aromatic N) is 3. The lowest BCUT2D eigenvalue weighted by Gasteiger charge is -2.26. The molecule has 5 rings (SSSR count). The van der Waals surface area contributed by atoms with Crippen molar-refractivity contribution in [2.24, 2.45) is 0 Å². The van der Waals surface area contributed by atoms with Gasteiger partial charge in [-0.3, -0.25) is 9.69 Å². The topological polar surface area (TPSA) is 71.1 Å². The van der Waals surface area contributed by atoms with Gasteiger partial charge in [-0.05, 0) is 19.1 Å². The van der Waals surface area contributed by atoms with E-state index in [9.17, 15) is 4.79 Å². The zero-order valence-electron chi connectivity index (χ0n) is 17.4. The monoisotopic (exact) mass is 432 g/mol. The van der Waals surface area contributed by atoms with Crippen LogP contribution >= 0.6 is 11.8 Å². The number of fused-ring (bicyclic) bond motifs is 2. The van der Waals surface area contributed by atoms with Gasteiger partial charge in [0.15, 0.2) is 5.78 Å². The summed E-state index contributed by atoms with van der Waals surface area (Å²) in [6.07, 6.45) is 1.81. The first-order valence-corrected chi connectivity index (χ1v) is 11.4. The molecular formula is C24H24N4O2S. The van der Waals surface area contributed by atoms with E-state index in [1.165, 1.54) is 11.8 Å². The lowest BCUT2D eigenvalue weighted by Crippen LogP contribution is -2.36. The van der Waals surface area contributed by atoms with Crippen LogP contribution in [0.1, 0.15) is 23.1 Å². The summed E-state index contributed by atoms with van der Waals surface area (Å²) >= 11 is 1.51. The van der Waals surface area contributed by atoms with Crippen LogP contribution in [0.15, 0.2) is 59.8 Å². The van der Waals surface area contributed by atoms with Gasteiger partial charge in [-0.25, -0.2) is 9.97 Å². The minimum Gasteiger partial charge on any atom is -0.379 e. The number of hydrogen-bond donors (Lipinski definition) is 1. The Labute approximate surface area is 185 Å². The van der Waals surface area contributed by atoms with Gasteiger partial charge in [0.1, 0.15) is 10.9 Å². The average Bonchev–Trinajstić information content (AvgIpc) is 3.23. The maximum absolute atomic E-state index is 13.3. The van der Waals surface area contributed by atoms with Crippen LogP contribution in [-0.4, -0.2) is 57.2 Å². The molecule has 4 aromatic rings. The molecule has 0 saturated carbocycles. The lowest BCUT2D eigenvalue weighted by atomic mass is 10.1. The minimum atomic E-state index is -0.270. The predicted molar refractivity (Wildman–Crippen MR) is 124 cm³/mol. The molecular weight excluding hydrogens is 408 g/mol. The van der Waals surface area contributed by atoms with Crippen molar-refractivity contribution in [2.75, 3.05) is 26.3 Å². The SMILES string of the molecule is CC(Sc1nc(CN2CCOCC2)nc2ccccc12)C(=O)c1c[nH]c2ccccc12. The molecule has 2 aromatic carbocycles. The van der Waals surface area contributed by atoms with Crippen LogP contribution in [0.25, 0.3) is 21.8 Å². The Hall–Kier alpha value is -2.74. The second kappa shape index (κ2) is 8.78. The first-order chi connectivity index (χ1) is 15.2. The van der Waals surface area contributed by atoms with Gasteiger partial charge in [0, 0.05) is 41.1 Å². The first kappa shape index (κ1) is 20.2. The number of carbonyl (C=O) groups is 1. The fourth-order valence-corrected chi connectivity index (χ4v) is 4.96. The number of ketones is 1. The molecule has 6 nitrogen and oxygen atoms in total. The highest BCUT2D eigenvalue weighted by Gasteiger charge is 2.22. The minimum absolute atomic E-state index is 0.0971. The van der Waals surface area contributed by atoms with Gasteiger partial charge in [-0.1, -0.05) is 48.2 Å². The van der Waals surface area contributed by atoms with Crippen molar-refractivity contribution < 1.29 is 9.53 Å². The van der Waals surface area contributed by atoms with Crippen LogP contribution in [0.4, 0.5) is 0 Å². The Morgan fingerprint density at radius 1 is 1.10 bits per heavy atom. The van der Waals surface area contributed by atoms with Crippen LogP contribution in [0.5, 0.6) is 0 Å². The van der Waals surface area contributed by atoms with Crippen LogP contribution in [0, 0.1) is 0 Å². The van der Waals surface area contributed by atoms with Crippen LogP contribution < -0.4 is 0 Å². The number of para-hydroxylation sites is 2. The molecule has 0 bridgehead atoms. The van der Waals surface area contributed by atoms with E-state index in [0.29, 0.717) is 6.54 Å². The molecule has 0 radical (unpaired) electrons. The molecule has 158 valence electrons. The number of ether oxygens (including phenoxy) is 1. The van der Waals surface area contributed by atoms with Crippen LogP contribution in [-0.2, 0) is 11.3 Å². The smallest absolute Gasteiger partial charge is 0.178 e. The van der Waals surface area contributed by atoms with E-state index < -0.39 is 0 Å². The molecule has 1 aliphatic rings. The summed E-state index contributed by atoms with van der Waals surface area (Å²) < 4.78 is 5.45. The summed E-state index contributed by atoms with van der Waals surface area (Å²) in [5.41, 5.74) is 2.61. The second-order valence-electron chi connectivity index (χ2n) is 7.72. The Morgan fingerprint density at radius 2 is 1.84 bits per heavy atom. The summed E-state index contributed by atoms with van der Waals surface area (Å²) in [4.78, 5) is 28.4. The summed E-state index contributed by atoms with van der Waals surface area (Å²) in [6.45, 7) is 5.89. The third-order valence-electron chi connectivity index (χ3n) is 5.60. The molecule has 1 unspecified atom stereocenters. The fraction of sp³-hybridized carbons (Fsp3) is 0.292. The quantitative estimate of drug-likeness (QED) is 0.278. The number of H-pyrrole nitrogens is 1. The van der Waals surface area contributed by atoms with E-state index in [4.69, 9.17) is 14.7 Å². The number of thioether (sulfide) groups is 1. The van der Waals surface area contributed by atoms with Crippen molar-refractivity contribution in [1.29, 1.82) is 0 Å². The predicted octanol–water partition coefficient (Wildman–Crippen LogP) is 4.31. The van der Waals surface area contributed by atoms with Crippen molar-refractivity contribution in [3.63, 3.8) is 0 Å². The molecule has 1 aliphatic heterocycles. The third-order valence-corrected chi connectivity index (χ3v) is 6.70. The largest absolute Gasteiger partial charge is 0.379 e. The van der Waals surface area contributed by atoms with E-state index in [1.54, 1.807) is 0 Å². The highest BCUT2D eigenvalue weighted by Crippen LogP contribution is 2.31. The molecule has 2 aromatic heterocycles. The number of Topliss-reactive ketones (excluding diaryl/α,β-unsaturated/α-hetero) is 1. The molecule has 7 heteroatoms. The molecule has 3 heterocycles. The highest BCUT2D eigenvalue weighted by atomic mass is 32.2. The van der Waals surface area contributed by atoms with E-state index in [1.807, 2.05) is 61.7 Å². The molecule has 1 N–H and O–H groups in total. The third kappa shape index (κ3) is 4.21. The number of carbonyl (C=O) groups excluding carboxylic acids is 1. The first-order valence-electron chi connectivity index (χ1n) is 10.5. The number of hydrogen-bond acceptors (Lipinski definition) is 6. The van der Waals surface area contributed by atoms with Crippen molar-refractivity contribution in [3.8, 4) is 0 Å². The number of benzene rings is 2. The van der Waals surface area contributed by atoms with Crippen molar-refractivity contribution in [1.82, 2.24) is 19.9 Å².